The Bertz CT molecular complexity index is 3130. The monoisotopic (exact) mass is 1050 g/mol. The van der Waals surface area contributed by atoms with Gasteiger partial charge >= 0.3 is 5.97 Å². The maximum Gasteiger partial charge on any atom is 0.338 e. The van der Waals surface area contributed by atoms with Crippen LogP contribution in [-0.2, 0) is 50.9 Å². The maximum absolute atomic E-state index is 12.4. The van der Waals surface area contributed by atoms with Crippen LogP contribution in [0.25, 0.3) is 0 Å². The highest BCUT2D eigenvalue weighted by atomic mass is 16.5. The quantitative estimate of drug-likeness (QED) is 0.0273. The van der Waals surface area contributed by atoms with Crippen LogP contribution in [0.3, 0.4) is 0 Å². The van der Waals surface area contributed by atoms with Crippen LogP contribution in [-0.4, -0.2) is 39.4 Å². The molecule has 402 valence electrons. The smallest absolute Gasteiger partial charge is 0.338 e. The zero-order chi connectivity index (χ0) is 54.5. The molecule has 8 aromatic rings. The Kier molecular flexibility index (Phi) is 20.0. The van der Waals surface area contributed by atoms with E-state index in [-0.39, 0.29) is 19.8 Å². The fraction of sp³-hybridized carbons (Fsp3) is 0.227. The number of methoxy groups -OCH3 is 1. The summed E-state index contributed by atoms with van der Waals surface area (Å²) >= 11 is 0. The minimum atomic E-state index is -0.441. The first kappa shape index (κ1) is 55.2. The summed E-state index contributed by atoms with van der Waals surface area (Å²) in [4.78, 5) is 17.0. The first-order valence-corrected chi connectivity index (χ1v) is 26.3. The molecular weight excluding hydrogens is 979 g/mol. The molecule has 78 heavy (non-hydrogen) atoms. The van der Waals surface area contributed by atoms with Gasteiger partial charge in [0.05, 0.1) is 36.3 Å². The van der Waals surface area contributed by atoms with E-state index < -0.39 is 5.97 Å². The highest BCUT2D eigenvalue weighted by Gasteiger charge is 2.19. The molecule has 0 saturated heterocycles. The standard InChI is InChI=1S/C66H69N3O9/c1-6-33-73-64-31-27-53(38-65(64)71-5)47-78-62-30-26-52(37-59(62)68(7-2)41-48-19-13-10-14-20-48)46-77-63-29-25-51(45-76-61-32-28-55(39-58(61)67)66(70)72-9-4)36-60(63)69(8-3)42-54-34-56(74-43-49-21-15-11-16-22-49)40-57(35-54)75-44-50-23-17-12-18-24-50/h6,10-32,34-40H,1,7-9,33,41-47,67H2,2-5H3. The predicted octanol–water partition coefficient (Wildman–Crippen LogP) is 14.0. The second-order valence-corrected chi connectivity index (χ2v) is 18.4. The van der Waals surface area contributed by atoms with Crippen LogP contribution < -0.4 is 48.7 Å². The summed E-state index contributed by atoms with van der Waals surface area (Å²) < 4.78 is 49.3. The van der Waals surface area contributed by atoms with E-state index in [9.17, 15) is 4.79 Å². The number of ether oxygens (including phenoxy) is 8. The summed E-state index contributed by atoms with van der Waals surface area (Å²) in [6, 6.07) is 59.8. The average molecular weight is 1050 g/mol. The Labute approximate surface area is 459 Å². The molecule has 0 unspecified atom stereocenters. The Hall–Kier alpha value is -9.03. The number of nitrogen functional groups attached to an aromatic ring is 1. The Balaban J connectivity index is 1.09. The minimum absolute atomic E-state index is 0.202. The van der Waals surface area contributed by atoms with E-state index in [1.807, 2.05) is 84.9 Å². The van der Waals surface area contributed by atoms with Gasteiger partial charge < -0.3 is 53.4 Å². The van der Waals surface area contributed by atoms with Gasteiger partial charge in [0.15, 0.2) is 11.5 Å². The molecule has 0 aromatic heterocycles. The van der Waals surface area contributed by atoms with E-state index in [1.54, 1.807) is 38.3 Å². The average Bonchev–Trinajstić information content (AvgIpc) is 3.51. The fourth-order valence-corrected chi connectivity index (χ4v) is 8.75. The zero-order valence-electron chi connectivity index (χ0n) is 45.0. The van der Waals surface area contributed by atoms with Crippen molar-refractivity contribution in [3.8, 4) is 40.2 Å². The van der Waals surface area contributed by atoms with Gasteiger partial charge in [-0.3, -0.25) is 0 Å². The lowest BCUT2D eigenvalue weighted by Gasteiger charge is -2.28. The van der Waals surface area contributed by atoms with Crippen molar-refractivity contribution < 1.29 is 42.7 Å². The SMILES string of the molecule is C=CCOc1ccc(COc2ccc(COc3ccc(COc4ccc(C(=O)OCC)cc4N)cc3N(CC)Cc3cc(OCc4ccccc4)cc(OCc4ccccc4)c3)cc2N(CC)Cc2ccccc2)cc1OC. The molecule has 0 amide bonds. The number of benzene rings is 8. The molecule has 0 spiro atoms. The van der Waals surface area contributed by atoms with Gasteiger partial charge in [-0.25, -0.2) is 4.79 Å². The fourth-order valence-electron chi connectivity index (χ4n) is 8.75. The van der Waals surface area contributed by atoms with E-state index in [0.717, 1.165) is 57.0 Å². The van der Waals surface area contributed by atoms with Crippen LogP contribution >= 0.6 is 0 Å². The van der Waals surface area contributed by atoms with E-state index in [1.165, 1.54) is 5.56 Å². The number of rotatable bonds is 29. The van der Waals surface area contributed by atoms with Crippen LogP contribution in [0.15, 0.2) is 195 Å². The molecular formula is C66H69N3O9. The number of anilines is 3. The molecule has 12 nitrogen and oxygen atoms in total. The van der Waals surface area contributed by atoms with E-state index in [2.05, 4.69) is 109 Å². The normalized spacial score (nSPS) is 10.8. The van der Waals surface area contributed by atoms with E-state index in [4.69, 9.17) is 43.6 Å². The topological polar surface area (TPSA) is 123 Å². The van der Waals surface area contributed by atoms with Gasteiger partial charge in [0.2, 0.25) is 0 Å². The molecule has 12 heteroatoms. The van der Waals surface area contributed by atoms with Gasteiger partial charge in [-0.1, -0.05) is 122 Å². The van der Waals surface area contributed by atoms with Crippen molar-refractivity contribution >= 4 is 23.0 Å². The number of hydrogen-bond acceptors (Lipinski definition) is 12. The van der Waals surface area contributed by atoms with Crippen molar-refractivity contribution in [3.63, 3.8) is 0 Å². The number of carbonyl (C=O) groups is 1. The Morgan fingerprint density at radius 2 is 0.923 bits per heavy atom. The van der Waals surface area contributed by atoms with Crippen LogP contribution in [0.4, 0.5) is 17.1 Å². The van der Waals surface area contributed by atoms with Crippen molar-refractivity contribution in [1.82, 2.24) is 0 Å². The summed E-state index contributed by atoms with van der Waals surface area (Å²) in [6.45, 7) is 14.6. The number of carbonyl (C=O) groups excluding carboxylic acids is 1. The van der Waals surface area contributed by atoms with E-state index >= 15 is 0 Å². The number of esters is 1. The Morgan fingerprint density at radius 1 is 0.462 bits per heavy atom. The molecule has 0 atom stereocenters. The minimum Gasteiger partial charge on any atom is -0.493 e. The molecule has 2 N–H and O–H groups in total. The molecule has 0 aliphatic rings. The van der Waals surface area contributed by atoms with Crippen LogP contribution in [0.2, 0.25) is 0 Å². The lowest BCUT2D eigenvalue weighted by Crippen LogP contribution is -2.23. The van der Waals surface area contributed by atoms with Gasteiger partial charge in [0, 0.05) is 32.2 Å². The van der Waals surface area contributed by atoms with Crippen molar-refractivity contribution in [2.24, 2.45) is 0 Å². The molecule has 0 bridgehead atoms. The summed E-state index contributed by atoms with van der Waals surface area (Å²) in [5.74, 6) is 4.09. The van der Waals surface area contributed by atoms with Crippen molar-refractivity contribution in [3.05, 3.63) is 239 Å². The van der Waals surface area contributed by atoms with Crippen molar-refractivity contribution in [1.29, 1.82) is 0 Å². The molecule has 0 radical (unpaired) electrons. The van der Waals surface area contributed by atoms with Crippen LogP contribution in [0.1, 0.15) is 70.1 Å². The van der Waals surface area contributed by atoms with Crippen molar-refractivity contribution in [2.75, 3.05) is 48.9 Å². The number of hydrogen-bond donors (Lipinski definition) is 1. The van der Waals surface area contributed by atoms with Crippen LogP contribution in [0, 0.1) is 0 Å². The first-order valence-electron chi connectivity index (χ1n) is 26.3. The molecule has 0 aliphatic heterocycles. The third-order valence-electron chi connectivity index (χ3n) is 12.8. The van der Waals surface area contributed by atoms with Crippen molar-refractivity contribution in [2.45, 2.75) is 66.9 Å². The molecule has 0 heterocycles. The summed E-state index contributed by atoms with van der Waals surface area (Å²) in [6.07, 6.45) is 1.70. The third-order valence-corrected chi connectivity index (χ3v) is 12.8. The van der Waals surface area contributed by atoms with Gasteiger partial charge in [0.1, 0.15) is 68.4 Å². The summed E-state index contributed by atoms with van der Waals surface area (Å²) in [5, 5.41) is 0. The lowest BCUT2D eigenvalue weighted by molar-refractivity contribution is 0.0526. The molecule has 8 rings (SSSR count). The van der Waals surface area contributed by atoms with Gasteiger partial charge in [-0.2, -0.15) is 0 Å². The molecule has 0 fully saturated rings. The second kappa shape index (κ2) is 28.2. The highest BCUT2D eigenvalue weighted by Crippen LogP contribution is 2.37. The Morgan fingerprint density at radius 3 is 1.41 bits per heavy atom. The highest BCUT2D eigenvalue weighted by molar-refractivity contribution is 5.91. The second-order valence-electron chi connectivity index (χ2n) is 18.4. The largest absolute Gasteiger partial charge is 0.493 e. The zero-order valence-corrected chi connectivity index (χ0v) is 45.0. The number of nitrogens with zero attached hydrogens (tertiary/aromatic N) is 2. The molecule has 0 saturated carbocycles. The third kappa shape index (κ3) is 15.5. The van der Waals surface area contributed by atoms with E-state index in [0.29, 0.717) is 91.8 Å². The van der Waals surface area contributed by atoms with Gasteiger partial charge in [0.25, 0.3) is 0 Å². The van der Waals surface area contributed by atoms with Crippen LogP contribution in [0.5, 0.6) is 40.2 Å². The van der Waals surface area contributed by atoms with Gasteiger partial charge in [-0.05, 0) is 126 Å². The molecule has 8 aromatic carbocycles. The molecule has 0 aliphatic carbocycles. The first-order chi connectivity index (χ1) is 38.2. The lowest BCUT2D eigenvalue weighted by atomic mass is 10.1. The maximum atomic E-state index is 12.4. The summed E-state index contributed by atoms with van der Waals surface area (Å²) in [5.41, 5.74) is 16.0. The van der Waals surface area contributed by atoms with Gasteiger partial charge in [-0.15, -0.1) is 0 Å². The summed E-state index contributed by atoms with van der Waals surface area (Å²) in [7, 11) is 1.63. The predicted molar refractivity (Wildman–Crippen MR) is 309 cm³/mol. The number of nitrogens with two attached hydrogens (primary N) is 1.